The van der Waals surface area contributed by atoms with Crippen molar-refractivity contribution in [1.29, 1.82) is 0 Å². The average Bonchev–Trinajstić information content (AvgIpc) is 2.74. The van der Waals surface area contributed by atoms with Gasteiger partial charge in [0, 0.05) is 25.5 Å². The highest BCUT2D eigenvalue weighted by Gasteiger charge is 2.17. The van der Waals surface area contributed by atoms with Crippen LogP contribution in [0.3, 0.4) is 0 Å². The third-order valence-corrected chi connectivity index (χ3v) is 3.48. The summed E-state index contributed by atoms with van der Waals surface area (Å²) in [4.78, 5) is 14.2. The molecule has 2 rings (SSSR count). The van der Waals surface area contributed by atoms with E-state index >= 15 is 0 Å². The van der Waals surface area contributed by atoms with Gasteiger partial charge < -0.3 is 5.11 Å². The second kappa shape index (κ2) is 4.69. The lowest BCUT2D eigenvalue weighted by Gasteiger charge is -2.04. The number of nitrogens with zero attached hydrogens (tertiary/aromatic N) is 3. The number of anilines is 1. The molecule has 0 saturated heterocycles. The molecule has 19 heavy (non-hydrogen) atoms. The van der Waals surface area contributed by atoms with Gasteiger partial charge in [-0.1, -0.05) is 0 Å². The molecule has 0 aliphatic rings. The van der Waals surface area contributed by atoms with Crippen LogP contribution < -0.4 is 4.72 Å². The summed E-state index contributed by atoms with van der Waals surface area (Å²) < 4.78 is 27.5. The number of carboxylic acid groups (broad SMARTS) is 1. The van der Waals surface area contributed by atoms with E-state index in [9.17, 15) is 13.2 Å². The fourth-order valence-corrected chi connectivity index (χ4v) is 2.25. The molecule has 0 fully saturated rings. The minimum atomic E-state index is -3.87. The number of aryl methyl sites for hydroxylation is 1. The van der Waals surface area contributed by atoms with Crippen molar-refractivity contribution in [1.82, 2.24) is 14.8 Å². The highest BCUT2D eigenvalue weighted by atomic mass is 32.2. The first-order valence-corrected chi connectivity index (χ1v) is 6.58. The number of carboxylic acids is 1. The summed E-state index contributed by atoms with van der Waals surface area (Å²) in [7, 11) is -2.22. The third-order valence-electron chi connectivity index (χ3n) is 2.21. The van der Waals surface area contributed by atoms with Gasteiger partial charge in [0.2, 0.25) is 0 Å². The van der Waals surface area contributed by atoms with Crippen LogP contribution >= 0.6 is 0 Å². The zero-order chi connectivity index (χ0) is 14.0. The normalized spacial score (nSPS) is 11.2. The van der Waals surface area contributed by atoms with Crippen molar-refractivity contribution in [3.05, 3.63) is 36.2 Å². The summed E-state index contributed by atoms with van der Waals surface area (Å²) in [6.45, 7) is 0. The van der Waals surface area contributed by atoms with E-state index in [0.29, 0.717) is 0 Å². The number of hydrogen-bond donors (Lipinski definition) is 2. The Bertz CT molecular complexity index is 705. The summed E-state index contributed by atoms with van der Waals surface area (Å²) >= 11 is 0. The number of nitrogens with one attached hydrogen (secondary N) is 1. The standard InChI is InChI=1S/C10H10N4O4S/c1-14-5-4-8(12-14)13-19(17,18)9-3-2-7(6-11-9)10(15)16/h2-6H,1H3,(H,12,13)(H,15,16). The van der Waals surface area contributed by atoms with Gasteiger partial charge >= 0.3 is 5.97 Å². The quantitative estimate of drug-likeness (QED) is 0.834. The van der Waals surface area contributed by atoms with Gasteiger partial charge in [0.05, 0.1) is 5.56 Å². The Morgan fingerprint density at radius 3 is 2.58 bits per heavy atom. The number of pyridine rings is 1. The van der Waals surface area contributed by atoms with Crippen LogP contribution in [-0.2, 0) is 17.1 Å². The van der Waals surface area contributed by atoms with Crippen LogP contribution in [0.4, 0.5) is 5.82 Å². The van der Waals surface area contributed by atoms with Crippen LogP contribution in [0.15, 0.2) is 35.6 Å². The molecule has 9 heteroatoms. The molecule has 0 saturated carbocycles. The Balaban J connectivity index is 2.26. The maximum absolute atomic E-state index is 11.9. The molecule has 2 aromatic heterocycles. The zero-order valence-corrected chi connectivity index (χ0v) is 10.6. The molecule has 8 nitrogen and oxygen atoms in total. The number of rotatable bonds is 4. The number of sulfonamides is 1. The molecule has 100 valence electrons. The Kier molecular flexibility index (Phi) is 3.21. The van der Waals surface area contributed by atoms with E-state index in [1.165, 1.54) is 16.8 Å². The first-order chi connectivity index (χ1) is 8.88. The Labute approximate surface area is 108 Å². The van der Waals surface area contributed by atoms with Crippen LogP contribution in [0.5, 0.6) is 0 Å². The SMILES string of the molecule is Cn1ccc(NS(=O)(=O)c2ccc(C(=O)O)cn2)n1. The van der Waals surface area contributed by atoms with Gasteiger partial charge in [0.15, 0.2) is 10.8 Å². The largest absolute Gasteiger partial charge is 0.478 e. The topological polar surface area (TPSA) is 114 Å². The molecule has 0 aromatic carbocycles. The lowest BCUT2D eigenvalue weighted by atomic mass is 10.3. The Hall–Kier alpha value is -2.42. The lowest BCUT2D eigenvalue weighted by molar-refractivity contribution is 0.0696. The number of aromatic carboxylic acids is 1. The lowest BCUT2D eigenvalue weighted by Crippen LogP contribution is -2.15. The maximum atomic E-state index is 11.9. The fraction of sp³-hybridized carbons (Fsp3) is 0.100. The average molecular weight is 282 g/mol. The second-order valence-electron chi connectivity index (χ2n) is 3.67. The van der Waals surface area contributed by atoms with Gasteiger partial charge in [-0.15, -0.1) is 0 Å². The van der Waals surface area contributed by atoms with Gasteiger partial charge in [-0.25, -0.2) is 9.78 Å². The molecule has 0 aliphatic heterocycles. The molecule has 0 bridgehead atoms. The second-order valence-corrected chi connectivity index (χ2v) is 5.30. The monoisotopic (exact) mass is 282 g/mol. The van der Waals surface area contributed by atoms with Crippen LogP contribution in [0.2, 0.25) is 0 Å². The molecular formula is C10H10N4O4S. The molecule has 0 spiro atoms. The van der Waals surface area contributed by atoms with Gasteiger partial charge in [-0.2, -0.15) is 13.5 Å². The number of carbonyl (C=O) groups is 1. The molecule has 0 unspecified atom stereocenters. The van der Waals surface area contributed by atoms with Gasteiger partial charge in [0.1, 0.15) is 0 Å². The van der Waals surface area contributed by atoms with Crippen LogP contribution in [0.1, 0.15) is 10.4 Å². The van der Waals surface area contributed by atoms with Crippen molar-refractivity contribution < 1.29 is 18.3 Å². The molecule has 0 aliphatic carbocycles. The van der Waals surface area contributed by atoms with E-state index in [4.69, 9.17) is 5.11 Å². The molecule has 2 N–H and O–H groups in total. The predicted molar refractivity (Wildman–Crippen MR) is 65.2 cm³/mol. The van der Waals surface area contributed by atoms with E-state index in [0.717, 1.165) is 12.3 Å². The van der Waals surface area contributed by atoms with Crippen molar-refractivity contribution in [2.24, 2.45) is 7.05 Å². The van der Waals surface area contributed by atoms with Gasteiger partial charge in [-0.3, -0.25) is 9.40 Å². The third kappa shape index (κ3) is 2.88. The summed E-state index contributed by atoms with van der Waals surface area (Å²) in [5.41, 5.74) is -0.0863. The molecule has 0 atom stereocenters. The van der Waals surface area contributed by atoms with E-state index in [1.807, 2.05) is 0 Å². The molecule has 0 radical (unpaired) electrons. The minimum Gasteiger partial charge on any atom is -0.478 e. The minimum absolute atomic E-state index is 0.0863. The smallest absolute Gasteiger partial charge is 0.337 e. The van der Waals surface area contributed by atoms with Crippen molar-refractivity contribution in [3.8, 4) is 0 Å². The summed E-state index contributed by atoms with van der Waals surface area (Å²) in [5, 5.41) is 12.3. The molecule has 0 amide bonds. The molecule has 2 heterocycles. The first-order valence-electron chi connectivity index (χ1n) is 5.10. The summed E-state index contributed by atoms with van der Waals surface area (Å²) in [6, 6.07) is 3.78. The van der Waals surface area contributed by atoms with Crippen molar-refractivity contribution in [3.63, 3.8) is 0 Å². The zero-order valence-electron chi connectivity index (χ0n) is 9.81. The summed E-state index contributed by atoms with van der Waals surface area (Å²) in [6.07, 6.45) is 2.56. The van der Waals surface area contributed by atoms with Crippen LogP contribution in [0.25, 0.3) is 0 Å². The van der Waals surface area contributed by atoms with Crippen molar-refractivity contribution in [2.75, 3.05) is 4.72 Å². The van der Waals surface area contributed by atoms with Crippen LogP contribution in [0, 0.1) is 0 Å². The van der Waals surface area contributed by atoms with Crippen molar-refractivity contribution in [2.45, 2.75) is 5.03 Å². The maximum Gasteiger partial charge on any atom is 0.337 e. The highest BCUT2D eigenvalue weighted by Crippen LogP contribution is 2.12. The Morgan fingerprint density at radius 2 is 2.11 bits per heavy atom. The van der Waals surface area contributed by atoms with E-state index in [-0.39, 0.29) is 16.4 Å². The number of hydrogen-bond acceptors (Lipinski definition) is 5. The molecular weight excluding hydrogens is 272 g/mol. The van der Waals surface area contributed by atoms with E-state index in [1.54, 1.807) is 13.2 Å². The van der Waals surface area contributed by atoms with E-state index < -0.39 is 16.0 Å². The molecule has 2 aromatic rings. The number of aromatic nitrogens is 3. The Morgan fingerprint density at radius 1 is 1.37 bits per heavy atom. The van der Waals surface area contributed by atoms with Gasteiger partial charge in [-0.05, 0) is 12.1 Å². The van der Waals surface area contributed by atoms with Gasteiger partial charge in [0.25, 0.3) is 10.0 Å². The van der Waals surface area contributed by atoms with Crippen LogP contribution in [-0.4, -0.2) is 34.3 Å². The summed E-state index contributed by atoms with van der Waals surface area (Å²) in [5.74, 6) is -1.01. The first kappa shape index (κ1) is 13.0. The fourth-order valence-electron chi connectivity index (χ4n) is 1.33. The predicted octanol–water partition coefficient (Wildman–Crippen LogP) is 0.314. The highest BCUT2D eigenvalue weighted by molar-refractivity contribution is 7.92. The van der Waals surface area contributed by atoms with Crippen molar-refractivity contribution >= 4 is 21.8 Å². The van der Waals surface area contributed by atoms with E-state index in [2.05, 4.69) is 14.8 Å².